The Kier molecular flexibility index (Phi) is 5.29. The van der Waals surface area contributed by atoms with E-state index in [0.717, 1.165) is 53.8 Å². The van der Waals surface area contributed by atoms with Crippen LogP contribution in [-0.4, -0.2) is 39.4 Å². The maximum absolute atomic E-state index is 13.2. The molecular weight excluding hydrogens is 456 g/mol. The Morgan fingerprint density at radius 1 is 1.06 bits per heavy atom. The molecule has 2 aliphatic rings. The molecule has 35 heavy (non-hydrogen) atoms. The van der Waals surface area contributed by atoms with Crippen LogP contribution in [0.1, 0.15) is 35.0 Å². The Labute approximate surface area is 207 Å². The maximum atomic E-state index is 13.2. The molecular formula is C28H26N4O2S. The summed E-state index contributed by atoms with van der Waals surface area (Å²) in [6, 6.07) is 22.2. The minimum Gasteiger partial charge on any atom is -0.339 e. The van der Waals surface area contributed by atoms with Gasteiger partial charge in [-0.2, -0.15) is 0 Å². The van der Waals surface area contributed by atoms with Crippen molar-refractivity contribution >= 4 is 40.1 Å². The topological polar surface area (TPSA) is 67.2 Å². The number of thiophene rings is 1. The molecule has 1 N–H and O–H groups in total. The number of hydrogen-bond donors (Lipinski definition) is 1. The third kappa shape index (κ3) is 3.86. The Hall–Kier alpha value is -3.71. The number of fused-ring (bicyclic) bond motifs is 1. The minimum absolute atomic E-state index is 0.0113. The van der Waals surface area contributed by atoms with Gasteiger partial charge in [0, 0.05) is 24.0 Å². The van der Waals surface area contributed by atoms with Crippen LogP contribution in [0.15, 0.2) is 79.4 Å². The zero-order chi connectivity index (χ0) is 24.0. The fourth-order valence-electron chi connectivity index (χ4n) is 5.59. The number of carbonyl (C=O) groups excluding carboxylic acids is 2. The number of hydrogen-bond acceptors (Lipinski definition) is 4. The highest BCUT2D eigenvalue weighted by Gasteiger charge is 2.50. The zero-order valence-electron chi connectivity index (χ0n) is 19.3. The first-order valence-electron chi connectivity index (χ1n) is 11.9. The number of amides is 2. The normalized spacial score (nSPS) is 21.3. The largest absolute Gasteiger partial charge is 0.339 e. The molecule has 6 nitrogen and oxygen atoms in total. The highest BCUT2D eigenvalue weighted by atomic mass is 32.1. The molecule has 0 radical (unpaired) electrons. The lowest BCUT2D eigenvalue weighted by Gasteiger charge is -2.46. The molecule has 1 saturated heterocycles. The van der Waals surface area contributed by atoms with Gasteiger partial charge in [-0.25, -0.2) is 4.98 Å². The van der Waals surface area contributed by atoms with Gasteiger partial charge in [0.15, 0.2) is 0 Å². The monoisotopic (exact) mass is 482 g/mol. The molecule has 4 aromatic rings. The summed E-state index contributed by atoms with van der Waals surface area (Å²) in [4.78, 5) is 33.7. The molecule has 0 atom stereocenters. The van der Waals surface area contributed by atoms with Crippen LogP contribution < -0.4 is 5.32 Å². The van der Waals surface area contributed by atoms with Crippen molar-refractivity contribution in [3.05, 3.63) is 84.3 Å². The average molecular weight is 483 g/mol. The van der Waals surface area contributed by atoms with Gasteiger partial charge >= 0.3 is 0 Å². The van der Waals surface area contributed by atoms with Crippen LogP contribution >= 0.6 is 11.3 Å². The molecule has 3 heterocycles. The first-order valence-corrected chi connectivity index (χ1v) is 12.7. The number of anilines is 1. The highest BCUT2D eigenvalue weighted by Crippen LogP contribution is 2.55. The third-order valence-corrected chi connectivity index (χ3v) is 8.47. The molecule has 1 saturated carbocycles. The fourth-order valence-corrected chi connectivity index (χ4v) is 6.50. The lowest BCUT2D eigenvalue weighted by atomic mass is 9.65. The van der Waals surface area contributed by atoms with Crippen molar-refractivity contribution < 1.29 is 9.59 Å². The smallest absolute Gasteiger partial charge is 0.268 e. The Bertz CT molecular complexity index is 1430. The van der Waals surface area contributed by atoms with E-state index in [-0.39, 0.29) is 23.3 Å². The number of aromatic nitrogens is 2. The van der Waals surface area contributed by atoms with Crippen molar-refractivity contribution in [3.63, 3.8) is 0 Å². The lowest BCUT2D eigenvalue weighted by molar-refractivity contribution is -0.125. The molecule has 176 valence electrons. The molecule has 2 aromatic carbocycles. The summed E-state index contributed by atoms with van der Waals surface area (Å²) < 4.78 is 2.18. The summed E-state index contributed by atoms with van der Waals surface area (Å²) in [5.74, 6) is 0.450. The molecule has 6 rings (SSSR count). The van der Waals surface area contributed by atoms with E-state index in [4.69, 9.17) is 4.98 Å². The van der Waals surface area contributed by atoms with E-state index in [2.05, 4.69) is 22.5 Å². The van der Waals surface area contributed by atoms with E-state index < -0.39 is 0 Å². The summed E-state index contributed by atoms with van der Waals surface area (Å²) >= 11 is 1.48. The van der Waals surface area contributed by atoms with Crippen molar-refractivity contribution in [3.8, 4) is 10.4 Å². The Morgan fingerprint density at radius 2 is 1.83 bits per heavy atom. The summed E-state index contributed by atoms with van der Waals surface area (Å²) in [5.41, 5.74) is 3.14. The number of carbonyl (C=O) groups is 2. The number of benzene rings is 2. The van der Waals surface area contributed by atoms with Crippen molar-refractivity contribution in [1.29, 1.82) is 0 Å². The third-order valence-electron chi connectivity index (χ3n) is 7.34. The Morgan fingerprint density at radius 3 is 2.63 bits per heavy atom. The summed E-state index contributed by atoms with van der Waals surface area (Å²) in [7, 11) is 0. The molecule has 2 fully saturated rings. The number of rotatable bonds is 5. The first-order chi connectivity index (χ1) is 17.0. The van der Waals surface area contributed by atoms with Gasteiger partial charge in [0.25, 0.3) is 5.91 Å². The van der Waals surface area contributed by atoms with Crippen LogP contribution in [0.5, 0.6) is 0 Å². The quantitative estimate of drug-likeness (QED) is 0.368. The average Bonchev–Trinajstić information content (AvgIpc) is 3.60. The van der Waals surface area contributed by atoms with Crippen LogP contribution in [0, 0.1) is 5.41 Å². The fraction of sp³-hybridized carbons (Fsp3) is 0.250. The molecule has 1 spiro atoms. The van der Waals surface area contributed by atoms with E-state index in [1.807, 2.05) is 65.6 Å². The first kappa shape index (κ1) is 21.8. The summed E-state index contributed by atoms with van der Waals surface area (Å²) in [5, 5.41) is 3.09. The van der Waals surface area contributed by atoms with Crippen molar-refractivity contribution in [1.82, 2.24) is 14.5 Å². The molecule has 7 heteroatoms. The van der Waals surface area contributed by atoms with Crippen LogP contribution in [0.2, 0.25) is 0 Å². The number of nitrogens with one attached hydrogen (secondary N) is 1. The van der Waals surface area contributed by atoms with E-state index >= 15 is 0 Å². The van der Waals surface area contributed by atoms with Gasteiger partial charge in [0.1, 0.15) is 0 Å². The van der Waals surface area contributed by atoms with E-state index in [0.29, 0.717) is 10.8 Å². The number of para-hydroxylation sites is 2. The zero-order valence-corrected chi connectivity index (χ0v) is 20.1. The Balaban J connectivity index is 1.24. The van der Waals surface area contributed by atoms with Gasteiger partial charge in [-0.1, -0.05) is 49.0 Å². The van der Waals surface area contributed by atoms with Crippen molar-refractivity contribution in [2.45, 2.75) is 25.3 Å². The molecule has 0 bridgehead atoms. The van der Waals surface area contributed by atoms with Gasteiger partial charge in [-0.15, -0.1) is 11.3 Å². The van der Waals surface area contributed by atoms with Crippen LogP contribution in [0.3, 0.4) is 0 Å². The number of likely N-dealkylation sites (tertiary alicyclic amines) is 1. The molecule has 1 aliphatic carbocycles. The number of imidazole rings is 1. The summed E-state index contributed by atoms with van der Waals surface area (Å²) in [6.45, 7) is 5.19. The van der Waals surface area contributed by atoms with Gasteiger partial charge in [0.2, 0.25) is 11.9 Å². The molecule has 1 aliphatic heterocycles. The molecule has 0 unspecified atom stereocenters. The van der Waals surface area contributed by atoms with Gasteiger partial charge in [-0.3, -0.25) is 14.9 Å². The van der Waals surface area contributed by atoms with Crippen LogP contribution in [-0.2, 0) is 4.79 Å². The SMILES string of the molecule is C=CC(=O)N1CC[C@]2(C1)C[C@H](n1c(NC(=O)c3ccc(-c4ccccc4)s3)nc3ccccc31)C2. The predicted molar refractivity (Wildman–Crippen MR) is 140 cm³/mol. The lowest BCUT2D eigenvalue weighted by Crippen LogP contribution is -2.42. The standard InChI is InChI=1S/C28H26N4O2S/c1-2-25(33)31-15-14-28(18-31)16-20(17-28)32-22-11-7-6-10-21(22)29-27(32)30-26(34)24-13-12-23(35-24)19-8-4-3-5-9-19/h2-13,20H,1,14-18H2,(H,29,30,34)/t20-,28-. The minimum atomic E-state index is -0.147. The number of nitrogens with zero attached hydrogens (tertiary/aromatic N) is 3. The van der Waals surface area contributed by atoms with Crippen LogP contribution in [0.25, 0.3) is 21.5 Å². The molecule has 2 amide bonds. The van der Waals surface area contributed by atoms with E-state index in [1.54, 1.807) is 0 Å². The van der Waals surface area contributed by atoms with Gasteiger partial charge < -0.3 is 9.47 Å². The van der Waals surface area contributed by atoms with Crippen molar-refractivity contribution in [2.24, 2.45) is 5.41 Å². The maximum Gasteiger partial charge on any atom is 0.268 e. The highest BCUT2D eigenvalue weighted by molar-refractivity contribution is 7.17. The molecule has 2 aromatic heterocycles. The van der Waals surface area contributed by atoms with Gasteiger partial charge in [0.05, 0.1) is 15.9 Å². The van der Waals surface area contributed by atoms with Gasteiger partial charge in [-0.05, 0) is 60.6 Å². The predicted octanol–water partition coefficient (Wildman–Crippen LogP) is 5.76. The van der Waals surface area contributed by atoms with E-state index in [9.17, 15) is 9.59 Å². The summed E-state index contributed by atoms with van der Waals surface area (Å²) in [6.07, 6.45) is 4.34. The second-order valence-electron chi connectivity index (χ2n) is 9.55. The second kappa shape index (κ2) is 8.50. The van der Waals surface area contributed by atoms with Crippen molar-refractivity contribution in [2.75, 3.05) is 18.4 Å². The second-order valence-corrected chi connectivity index (χ2v) is 10.6. The van der Waals surface area contributed by atoms with E-state index in [1.165, 1.54) is 17.4 Å². The van der Waals surface area contributed by atoms with Crippen LogP contribution in [0.4, 0.5) is 5.95 Å².